The average molecular weight is 745 g/mol. The van der Waals surface area contributed by atoms with Crippen LogP contribution in [-0.2, 0) is 29.1 Å². The highest BCUT2D eigenvalue weighted by atomic mass is 32.2. The fourth-order valence-electron chi connectivity index (χ4n) is 7.51. The van der Waals surface area contributed by atoms with E-state index in [1.165, 1.54) is 31.3 Å². The lowest BCUT2D eigenvalue weighted by atomic mass is 9.87. The number of fused-ring (bicyclic) bond motifs is 3. The molecule has 0 spiro atoms. The zero-order chi connectivity index (χ0) is 37.4. The summed E-state index contributed by atoms with van der Waals surface area (Å²) in [7, 11) is -1.11. The summed E-state index contributed by atoms with van der Waals surface area (Å²) in [4.78, 5) is 55.8. The molecule has 2 aliphatic heterocycles. The Morgan fingerprint density at radius 3 is 2.58 bits per heavy atom. The first-order valence-electron chi connectivity index (χ1n) is 17.5. The standard InChI is InChI=1S/C36H45FN4O10S/c1-20-7-4-5-9-23-17-36(23,34(44)40-52(47,48)25-11-12-25)39-32(42)28-15-24(18-41(28)33(43)31(38-35(45)46)22(13-20)19-49-2)51-29-10-6-8-21-14-30(50-3)27(37)16-26(21)29/h5-6,8-10,14,16,20,22-25,28,31,38H,4,7,11-13,15,17-19H2,1-3H3,(H,39,42)(H,40,44)(H,45,46)/t20-,22+,23-,24-,28+,31+,36-/m1/s1. The number of sulfonamides is 1. The monoisotopic (exact) mass is 744 g/mol. The van der Waals surface area contributed by atoms with E-state index in [4.69, 9.17) is 14.2 Å². The molecule has 1 saturated heterocycles. The Bertz CT molecular complexity index is 1870. The van der Waals surface area contributed by atoms with Gasteiger partial charge < -0.3 is 34.9 Å². The van der Waals surface area contributed by atoms with E-state index in [0.717, 1.165) is 0 Å². The molecule has 7 atom stereocenters. The van der Waals surface area contributed by atoms with Gasteiger partial charge in [-0.3, -0.25) is 19.1 Å². The van der Waals surface area contributed by atoms with E-state index in [2.05, 4.69) is 15.4 Å². The Labute approximate surface area is 301 Å². The molecule has 282 valence electrons. The lowest BCUT2D eigenvalue weighted by Crippen LogP contribution is -2.59. The number of halogens is 1. The first-order valence-corrected chi connectivity index (χ1v) is 19.1. The van der Waals surface area contributed by atoms with Crippen LogP contribution in [0, 0.1) is 23.6 Å². The molecule has 2 heterocycles. The minimum atomic E-state index is -3.93. The molecule has 0 radical (unpaired) electrons. The number of ether oxygens (including phenoxy) is 3. The molecule has 0 aromatic heterocycles. The van der Waals surface area contributed by atoms with Crippen molar-refractivity contribution in [2.24, 2.45) is 17.8 Å². The van der Waals surface area contributed by atoms with Gasteiger partial charge in [0.15, 0.2) is 11.6 Å². The van der Waals surface area contributed by atoms with Crippen LogP contribution in [-0.4, -0.2) is 98.6 Å². The number of hydrogen-bond acceptors (Lipinski definition) is 9. The van der Waals surface area contributed by atoms with E-state index in [1.807, 2.05) is 19.1 Å². The van der Waals surface area contributed by atoms with Crippen LogP contribution in [0.2, 0.25) is 0 Å². The maximum atomic E-state index is 14.8. The van der Waals surface area contributed by atoms with E-state index in [9.17, 15) is 37.1 Å². The van der Waals surface area contributed by atoms with Crippen molar-refractivity contribution in [3.63, 3.8) is 0 Å². The fraction of sp³-hybridized carbons (Fsp3) is 0.556. The van der Waals surface area contributed by atoms with Crippen LogP contribution in [0.4, 0.5) is 9.18 Å². The topological polar surface area (TPSA) is 190 Å². The van der Waals surface area contributed by atoms with E-state index in [0.29, 0.717) is 48.6 Å². The summed E-state index contributed by atoms with van der Waals surface area (Å²) in [6, 6.07) is 5.39. The number of hydrogen-bond donors (Lipinski definition) is 4. The normalized spacial score (nSPS) is 29.6. The van der Waals surface area contributed by atoms with Crippen molar-refractivity contribution in [3.8, 4) is 11.5 Å². The maximum absolute atomic E-state index is 14.8. The molecule has 52 heavy (non-hydrogen) atoms. The minimum Gasteiger partial charge on any atom is -0.494 e. The second-order valence-electron chi connectivity index (χ2n) is 14.4. The molecule has 4 N–H and O–H groups in total. The van der Waals surface area contributed by atoms with Crippen molar-refractivity contribution >= 4 is 44.6 Å². The van der Waals surface area contributed by atoms with Crippen LogP contribution in [0.3, 0.4) is 0 Å². The van der Waals surface area contributed by atoms with Crippen molar-refractivity contribution in [3.05, 3.63) is 48.3 Å². The van der Waals surface area contributed by atoms with E-state index in [1.54, 1.807) is 18.2 Å². The van der Waals surface area contributed by atoms with Gasteiger partial charge in [-0.05, 0) is 68.0 Å². The highest BCUT2D eigenvalue weighted by Gasteiger charge is 2.62. The number of amides is 4. The Morgan fingerprint density at radius 1 is 1.12 bits per heavy atom. The van der Waals surface area contributed by atoms with Crippen LogP contribution >= 0.6 is 0 Å². The fourth-order valence-corrected chi connectivity index (χ4v) is 8.88. The van der Waals surface area contributed by atoms with Crippen molar-refractivity contribution in [2.45, 2.75) is 80.8 Å². The largest absolute Gasteiger partial charge is 0.494 e. The number of benzene rings is 2. The van der Waals surface area contributed by atoms with Gasteiger partial charge in [-0.25, -0.2) is 17.6 Å². The van der Waals surface area contributed by atoms with Crippen molar-refractivity contribution in [2.75, 3.05) is 27.4 Å². The molecule has 16 heteroatoms. The van der Waals surface area contributed by atoms with Crippen LogP contribution in [0.5, 0.6) is 11.5 Å². The highest BCUT2D eigenvalue weighted by molar-refractivity contribution is 7.91. The summed E-state index contributed by atoms with van der Waals surface area (Å²) < 4.78 is 59.5. The maximum Gasteiger partial charge on any atom is 0.405 e. The highest BCUT2D eigenvalue weighted by Crippen LogP contribution is 2.46. The molecule has 0 unspecified atom stereocenters. The number of nitrogens with one attached hydrogen (secondary N) is 3. The van der Waals surface area contributed by atoms with Gasteiger partial charge in [0, 0.05) is 30.8 Å². The van der Waals surface area contributed by atoms with E-state index >= 15 is 0 Å². The molecule has 4 aliphatic rings. The number of nitrogens with zero attached hydrogens (tertiary/aromatic N) is 1. The molecular weight excluding hydrogens is 699 g/mol. The molecule has 14 nitrogen and oxygen atoms in total. The second-order valence-corrected chi connectivity index (χ2v) is 16.3. The van der Waals surface area contributed by atoms with Crippen LogP contribution in [0.1, 0.15) is 51.9 Å². The Morgan fingerprint density at radius 2 is 1.88 bits per heavy atom. The van der Waals surface area contributed by atoms with E-state index < -0.39 is 80.5 Å². The van der Waals surface area contributed by atoms with Crippen molar-refractivity contribution in [1.82, 2.24) is 20.3 Å². The van der Waals surface area contributed by atoms with Crippen LogP contribution < -0.4 is 24.8 Å². The minimum absolute atomic E-state index is 0.0346. The SMILES string of the molecule is COC[C@@H]1C[C@H](C)CCC=C[C@@H]2C[C@@]2(C(=O)NS(=O)(=O)C2CC2)NC(=O)[C@@H]2C[C@@H](Oc3cccc4cc(OC)c(F)cc34)CN2C(=O)[C@H]1NC(=O)O. The number of methoxy groups -OCH3 is 2. The lowest BCUT2D eigenvalue weighted by molar-refractivity contribution is -0.142. The first-order chi connectivity index (χ1) is 24.8. The summed E-state index contributed by atoms with van der Waals surface area (Å²) in [6.45, 7) is 1.91. The molecule has 3 fully saturated rings. The van der Waals surface area contributed by atoms with Crippen LogP contribution in [0.25, 0.3) is 10.8 Å². The van der Waals surface area contributed by atoms with Gasteiger partial charge >= 0.3 is 6.09 Å². The predicted molar refractivity (Wildman–Crippen MR) is 187 cm³/mol. The Balaban J connectivity index is 1.36. The smallest absolute Gasteiger partial charge is 0.405 e. The molecular formula is C36H45FN4O10S. The molecule has 2 aromatic rings. The van der Waals surface area contributed by atoms with Gasteiger partial charge in [0.1, 0.15) is 29.5 Å². The zero-order valence-electron chi connectivity index (χ0n) is 29.3. The Hall–Kier alpha value is -4.44. The number of rotatable bonds is 9. The predicted octanol–water partition coefficient (Wildman–Crippen LogP) is 3.09. The lowest BCUT2D eigenvalue weighted by Gasteiger charge is -2.33. The first kappa shape index (κ1) is 37.3. The van der Waals surface area contributed by atoms with Gasteiger partial charge in [-0.15, -0.1) is 0 Å². The molecule has 2 aromatic carbocycles. The van der Waals surface area contributed by atoms with Gasteiger partial charge in [-0.2, -0.15) is 0 Å². The molecule has 2 saturated carbocycles. The zero-order valence-corrected chi connectivity index (χ0v) is 30.1. The summed E-state index contributed by atoms with van der Waals surface area (Å²) in [5, 5.41) is 15.4. The van der Waals surface area contributed by atoms with Crippen molar-refractivity contribution < 1.29 is 51.3 Å². The molecule has 2 aliphatic carbocycles. The number of carbonyl (C=O) groups is 4. The van der Waals surface area contributed by atoms with Gasteiger partial charge in [0.2, 0.25) is 21.8 Å². The third-order valence-electron chi connectivity index (χ3n) is 10.5. The summed E-state index contributed by atoms with van der Waals surface area (Å²) in [5.74, 6) is -3.55. The van der Waals surface area contributed by atoms with E-state index in [-0.39, 0.29) is 37.7 Å². The van der Waals surface area contributed by atoms with Crippen LogP contribution in [0.15, 0.2) is 42.5 Å². The van der Waals surface area contributed by atoms with Gasteiger partial charge in [0.25, 0.3) is 5.91 Å². The third kappa shape index (κ3) is 7.82. The molecule has 6 rings (SSSR count). The summed E-state index contributed by atoms with van der Waals surface area (Å²) in [5.41, 5.74) is -1.57. The third-order valence-corrected chi connectivity index (χ3v) is 12.3. The van der Waals surface area contributed by atoms with Gasteiger partial charge in [-0.1, -0.05) is 31.2 Å². The van der Waals surface area contributed by atoms with Gasteiger partial charge in [0.05, 0.1) is 25.5 Å². The molecule has 4 amide bonds. The van der Waals surface area contributed by atoms with Crippen molar-refractivity contribution in [1.29, 1.82) is 0 Å². The number of allylic oxidation sites excluding steroid dienone is 1. The second kappa shape index (κ2) is 14.9. The molecule has 0 bridgehead atoms. The summed E-state index contributed by atoms with van der Waals surface area (Å²) in [6.07, 6.45) is 4.17. The average Bonchev–Trinajstić information content (AvgIpc) is 4.02. The number of carboxylic acid groups (broad SMARTS) is 1. The summed E-state index contributed by atoms with van der Waals surface area (Å²) >= 11 is 0. The number of carbonyl (C=O) groups excluding carboxylic acids is 3. The Kier molecular flexibility index (Phi) is 10.7. The quantitative estimate of drug-likeness (QED) is 0.278.